The van der Waals surface area contributed by atoms with Gasteiger partial charge >= 0.3 is 0 Å². The Morgan fingerprint density at radius 2 is 2.12 bits per heavy atom. The van der Waals surface area contributed by atoms with Gasteiger partial charge in [0.15, 0.2) is 9.84 Å². The van der Waals surface area contributed by atoms with Crippen molar-refractivity contribution in [2.45, 2.75) is 19.0 Å². The highest BCUT2D eigenvalue weighted by molar-refractivity contribution is 7.91. The lowest BCUT2D eigenvalue weighted by Gasteiger charge is -2.26. The number of benzene rings is 1. The van der Waals surface area contributed by atoms with Crippen LogP contribution in [0.3, 0.4) is 0 Å². The fourth-order valence-corrected chi connectivity index (χ4v) is 5.20. The monoisotopic (exact) mass is 368 g/mol. The molecule has 0 aliphatic carbocycles. The van der Waals surface area contributed by atoms with Crippen LogP contribution in [0.4, 0.5) is 0 Å². The smallest absolute Gasteiger partial charge is 0.151 e. The Labute approximate surface area is 150 Å². The molecule has 2 fully saturated rings. The van der Waals surface area contributed by atoms with Gasteiger partial charge in [-0.1, -0.05) is 12.1 Å². The molecule has 0 spiro atoms. The number of ether oxygens (including phenoxy) is 2. The summed E-state index contributed by atoms with van der Waals surface area (Å²) in [6, 6.07) is 8.21. The Hall–Kier alpha value is -1.15. The van der Waals surface area contributed by atoms with E-state index < -0.39 is 9.84 Å². The Bertz CT molecular complexity index is 659. The first-order chi connectivity index (χ1) is 12.0. The minimum absolute atomic E-state index is 0.121. The Balaban J connectivity index is 1.47. The largest absolute Gasteiger partial charge is 0.492 e. The van der Waals surface area contributed by atoms with Crippen LogP contribution < -0.4 is 4.74 Å². The van der Waals surface area contributed by atoms with Crippen LogP contribution in [0, 0.1) is 0 Å². The van der Waals surface area contributed by atoms with E-state index >= 15 is 0 Å². The number of morpholine rings is 1. The molecular formula is C18H28N2O4S. The predicted octanol–water partition coefficient (Wildman–Crippen LogP) is 1.02. The van der Waals surface area contributed by atoms with Crippen molar-refractivity contribution in [3.8, 4) is 5.75 Å². The molecule has 25 heavy (non-hydrogen) atoms. The zero-order valence-corrected chi connectivity index (χ0v) is 15.7. The van der Waals surface area contributed by atoms with Crippen molar-refractivity contribution >= 4 is 9.84 Å². The van der Waals surface area contributed by atoms with Crippen LogP contribution in [0.5, 0.6) is 5.75 Å². The molecule has 0 amide bonds. The zero-order valence-electron chi connectivity index (χ0n) is 14.9. The third kappa shape index (κ3) is 5.67. The second kappa shape index (κ2) is 8.49. The number of nitrogens with zero attached hydrogens (tertiary/aromatic N) is 2. The van der Waals surface area contributed by atoms with Crippen molar-refractivity contribution in [2.75, 3.05) is 58.0 Å². The van der Waals surface area contributed by atoms with E-state index in [2.05, 4.69) is 21.9 Å². The number of hydrogen-bond donors (Lipinski definition) is 0. The van der Waals surface area contributed by atoms with E-state index in [9.17, 15) is 8.42 Å². The molecule has 1 aromatic rings. The summed E-state index contributed by atoms with van der Waals surface area (Å²) < 4.78 is 34.5. The average molecular weight is 368 g/mol. The van der Waals surface area contributed by atoms with Gasteiger partial charge in [-0.3, -0.25) is 9.80 Å². The first kappa shape index (κ1) is 18.6. The fraction of sp³-hybridized carbons (Fsp3) is 0.667. The van der Waals surface area contributed by atoms with E-state index in [0.29, 0.717) is 12.4 Å². The highest BCUT2D eigenvalue weighted by Gasteiger charge is 2.30. The molecule has 2 aliphatic heterocycles. The summed E-state index contributed by atoms with van der Waals surface area (Å²) in [7, 11) is -0.846. The highest BCUT2D eigenvalue weighted by Crippen LogP contribution is 2.20. The van der Waals surface area contributed by atoms with Crippen molar-refractivity contribution in [3.05, 3.63) is 29.8 Å². The van der Waals surface area contributed by atoms with E-state index in [0.717, 1.165) is 57.1 Å². The van der Waals surface area contributed by atoms with E-state index in [1.54, 1.807) is 0 Å². The maximum absolute atomic E-state index is 11.6. The van der Waals surface area contributed by atoms with Crippen molar-refractivity contribution < 1.29 is 17.9 Å². The third-order valence-corrected chi connectivity index (χ3v) is 6.69. The maximum Gasteiger partial charge on any atom is 0.151 e. The molecule has 0 radical (unpaired) electrons. The van der Waals surface area contributed by atoms with Gasteiger partial charge in [0, 0.05) is 32.2 Å². The Morgan fingerprint density at radius 3 is 2.84 bits per heavy atom. The van der Waals surface area contributed by atoms with Crippen molar-refractivity contribution in [1.29, 1.82) is 0 Å². The average Bonchev–Trinajstić information content (AvgIpc) is 2.96. The summed E-state index contributed by atoms with van der Waals surface area (Å²) in [5.74, 6) is 1.46. The quantitative estimate of drug-likeness (QED) is 0.716. The van der Waals surface area contributed by atoms with E-state index in [4.69, 9.17) is 9.47 Å². The third-order valence-electron chi connectivity index (χ3n) is 4.94. The summed E-state index contributed by atoms with van der Waals surface area (Å²) in [5.41, 5.74) is 1.15. The summed E-state index contributed by atoms with van der Waals surface area (Å²) >= 11 is 0. The summed E-state index contributed by atoms with van der Waals surface area (Å²) in [5, 5.41) is 0. The SMILES string of the molecule is CN(Cc1cccc(OCCN2CCOCC2)c1)[C@H]1CCS(=O)(=O)C1. The zero-order chi connectivity index (χ0) is 17.7. The van der Waals surface area contributed by atoms with E-state index in [1.165, 1.54) is 0 Å². The molecular weight excluding hydrogens is 340 g/mol. The van der Waals surface area contributed by atoms with Crippen molar-refractivity contribution in [3.63, 3.8) is 0 Å². The lowest BCUT2D eigenvalue weighted by molar-refractivity contribution is 0.0322. The molecule has 0 bridgehead atoms. The van der Waals surface area contributed by atoms with Crippen LogP contribution in [-0.4, -0.2) is 82.3 Å². The van der Waals surface area contributed by atoms with Gasteiger partial charge in [-0.15, -0.1) is 0 Å². The minimum atomic E-state index is -2.84. The lowest BCUT2D eigenvalue weighted by atomic mass is 10.1. The number of rotatable bonds is 7. The van der Waals surface area contributed by atoms with Crippen molar-refractivity contribution in [2.24, 2.45) is 0 Å². The summed E-state index contributed by atoms with van der Waals surface area (Å²) in [6.07, 6.45) is 0.731. The van der Waals surface area contributed by atoms with E-state index in [1.807, 2.05) is 19.2 Å². The van der Waals surface area contributed by atoms with Gasteiger partial charge in [-0.05, 0) is 31.2 Å². The second-order valence-corrected chi connectivity index (χ2v) is 9.15. The molecule has 2 saturated heterocycles. The Morgan fingerprint density at radius 1 is 1.32 bits per heavy atom. The van der Waals surface area contributed by atoms with Crippen LogP contribution in [0.25, 0.3) is 0 Å². The molecule has 2 aliphatic rings. The predicted molar refractivity (Wildman–Crippen MR) is 97.7 cm³/mol. The molecule has 0 unspecified atom stereocenters. The van der Waals surface area contributed by atoms with Gasteiger partial charge in [0.05, 0.1) is 24.7 Å². The highest BCUT2D eigenvalue weighted by atomic mass is 32.2. The number of sulfone groups is 1. The van der Waals surface area contributed by atoms with Crippen LogP contribution in [0.2, 0.25) is 0 Å². The second-order valence-electron chi connectivity index (χ2n) is 6.92. The van der Waals surface area contributed by atoms with E-state index in [-0.39, 0.29) is 11.8 Å². The molecule has 1 aromatic carbocycles. The molecule has 0 N–H and O–H groups in total. The molecule has 0 aromatic heterocycles. The van der Waals surface area contributed by atoms with Crippen LogP contribution in [-0.2, 0) is 21.1 Å². The lowest BCUT2D eigenvalue weighted by Crippen LogP contribution is -2.38. The first-order valence-corrected chi connectivity index (χ1v) is 10.8. The molecule has 7 heteroatoms. The summed E-state index contributed by atoms with van der Waals surface area (Å²) in [4.78, 5) is 4.49. The fourth-order valence-electron chi connectivity index (χ4n) is 3.39. The molecule has 2 heterocycles. The van der Waals surface area contributed by atoms with Gasteiger partial charge in [0.2, 0.25) is 0 Å². The van der Waals surface area contributed by atoms with Gasteiger partial charge in [-0.25, -0.2) is 8.42 Å². The number of hydrogen-bond acceptors (Lipinski definition) is 6. The molecule has 3 rings (SSSR count). The Kier molecular flexibility index (Phi) is 6.33. The molecule has 6 nitrogen and oxygen atoms in total. The normalized spacial score (nSPS) is 23.8. The van der Waals surface area contributed by atoms with Gasteiger partial charge in [0.25, 0.3) is 0 Å². The minimum Gasteiger partial charge on any atom is -0.492 e. The first-order valence-electron chi connectivity index (χ1n) is 8.94. The van der Waals surface area contributed by atoms with Crippen LogP contribution in [0.1, 0.15) is 12.0 Å². The van der Waals surface area contributed by atoms with Gasteiger partial charge < -0.3 is 9.47 Å². The van der Waals surface area contributed by atoms with Crippen LogP contribution in [0.15, 0.2) is 24.3 Å². The van der Waals surface area contributed by atoms with Gasteiger partial charge in [-0.2, -0.15) is 0 Å². The molecule has 0 saturated carbocycles. The molecule has 1 atom stereocenters. The van der Waals surface area contributed by atoms with Gasteiger partial charge in [0.1, 0.15) is 12.4 Å². The van der Waals surface area contributed by atoms with Crippen molar-refractivity contribution in [1.82, 2.24) is 9.80 Å². The van der Waals surface area contributed by atoms with Crippen LogP contribution >= 0.6 is 0 Å². The molecule has 140 valence electrons. The standard InChI is InChI=1S/C18H28N2O4S/c1-19(17-5-12-25(21,22)15-17)14-16-3-2-4-18(13-16)24-11-8-20-6-9-23-10-7-20/h2-4,13,17H,5-12,14-15H2,1H3/t17-/m0/s1. The topological polar surface area (TPSA) is 59.1 Å². The summed E-state index contributed by atoms with van der Waals surface area (Å²) in [6.45, 7) is 5.86. The maximum atomic E-state index is 11.6.